The molecule has 2 heterocycles. The maximum Gasteiger partial charge on any atom is 0.251 e. The quantitative estimate of drug-likeness (QED) is 0.594. The maximum atomic E-state index is 13.7. The van der Waals surface area contributed by atoms with Gasteiger partial charge in [-0.3, -0.25) is 4.79 Å². The van der Waals surface area contributed by atoms with E-state index in [9.17, 15) is 9.18 Å². The first-order valence-electron chi connectivity index (χ1n) is 9.12. The second kappa shape index (κ2) is 8.68. The van der Waals surface area contributed by atoms with Gasteiger partial charge in [-0.25, -0.2) is 19.0 Å². The Kier molecular flexibility index (Phi) is 6.06. The summed E-state index contributed by atoms with van der Waals surface area (Å²) in [5.41, 5.74) is 2.12. The molecule has 2 aromatic heterocycles. The summed E-state index contributed by atoms with van der Waals surface area (Å²) in [6.07, 6.45) is 0. The number of rotatable bonds is 7. The van der Waals surface area contributed by atoms with Gasteiger partial charge in [-0.05, 0) is 45.0 Å². The van der Waals surface area contributed by atoms with Crippen molar-refractivity contribution in [1.29, 1.82) is 0 Å². The summed E-state index contributed by atoms with van der Waals surface area (Å²) in [5.74, 6) is 1.06. The van der Waals surface area contributed by atoms with E-state index in [1.54, 1.807) is 17.7 Å². The van der Waals surface area contributed by atoms with Gasteiger partial charge in [0.05, 0.1) is 12.8 Å². The number of aryl methyl sites for hydroxylation is 3. The minimum absolute atomic E-state index is 0.0979. The Morgan fingerprint density at radius 1 is 1.14 bits per heavy atom. The van der Waals surface area contributed by atoms with Crippen molar-refractivity contribution in [2.24, 2.45) is 0 Å². The van der Waals surface area contributed by atoms with Crippen molar-refractivity contribution >= 4 is 11.7 Å². The number of halogens is 1. The van der Waals surface area contributed by atoms with Gasteiger partial charge in [0, 0.05) is 30.4 Å². The van der Waals surface area contributed by atoms with Crippen LogP contribution in [0, 0.1) is 26.6 Å². The van der Waals surface area contributed by atoms with Crippen molar-refractivity contribution in [1.82, 2.24) is 25.1 Å². The van der Waals surface area contributed by atoms with Crippen molar-refractivity contribution in [3.63, 3.8) is 0 Å². The number of aromatic nitrogens is 4. The zero-order valence-corrected chi connectivity index (χ0v) is 16.8. The highest BCUT2D eigenvalue weighted by Gasteiger charge is 2.11. The van der Waals surface area contributed by atoms with Crippen LogP contribution in [0.3, 0.4) is 0 Å². The smallest absolute Gasteiger partial charge is 0.251 e. The van der Waals surface area contributed by atoms with Gasteiger partial charge in [0.25, 0.3) is 5.91 Å². The predicted octanol–water partition coefficient (Wildman–Crippen LogP) is 2.58. The van der Waals surface area contributed by atoms with Crippen LogP contribution < -0.4 is 15.4 Å². The zero-order valence-electron chi connectivity index (χ0n) is 16.8. The fourth-order valence-electron chi connectivity index (χ4n) is 2.89. The highest BCUT2D eigenvalue weighted by atomic mass is 19.1. The fraction of sp³-hybridized carbons (Fsp3) is 0.300. The van der Waals surface area contributed by atoms with Crippen LogP contribution in [-0.2, 0) is 0 Å². The van der Waals surface area contributed by atoms with Crippen LogP contribution >= 0.6 is 0 Å². The number of nitrogens with one attached hydrogen (secondary N) is 2. The Morgan fingerprint density at radius 2 is 1.93 bits per heavy atom. The summed E-state index contributed by atoms with van der Waals surface area (Å²) in [4.78, 5) is 20.9. The molecular formula is C20H23FN6O2. The lowest BCUT2D eigenvalue weighted by Gasteiger charge is -2.11. The molecule has 29 heavy (non-hydrogen) atoms. The lowest BCUT2D eigenvalue weighted by Crippen LogP contribution is -2.29. The van der Waals surface area contributed by atoms with E-state index in [-0.39, 0.29) is 17.2 Å². The first-order chi connectivity index (χ1) is 13.9. The number of anilines is 1. The number of carbonyl (C=O) groups excluding carboxylic acids is 1. The number of carbonyl (C=O) groups is 1. The van der Waals surface area contributed by atoms with Crippen LogP contribution in [0.25, 0.3) is 5.82 Å². The number of amides is 1. The Morgan fingerprint density at radius 3 is 2.59 bits per heavy atom. The number of ether oxygens (including phenoxy) is 1. The van der Waals surface area contributed by atoms with E-state index < -0.39 is 5.82 Å². The first-order valence-corrected chi connectivity index (χ1v) is 9.12. The number of benzene rings is 1. The molecule has 9 heteroatoms. The van der Waals surface area contributed by atoms with Gasteiger partial charge in [0.15, 0.2) is 17.4 Å². The fourth-order valence-corrected chi connectivity index (χ4v) is 2.89. The van der Waals surface area contributed by atoms with E-state index in [0.29, 0.717) is 30.5 Å². The number of nitrogens with zero attached hydrogens (tertiary/aromatic N) is 4. The Bertz CT molecular complexity index is 1030. The molecular weight excluding hydrogens is 375 g/mol. The molecule has 8 nitrogen and oxygen atoms in total. The van der Waals surface area contributed by atoms with Crippen molar-refractivity contribution in [3.8, 4) is 11.6 Å². The van der Waals surface area contributed by atoms with Crippen molar-refractivity contribution in [3.05, 3.63) is 58.9 Å². The third-order valence-electron chi connectivity index (χ3n) is 4.18. The van der Waals surface area contributed by atoms with E-state index in [0.717, 1.165) is 17.5 Å². The minimum Gasteiger partial charge on any atom is -0.494 e. The Hall–Kier alpha value is -3.49. The highest BCUT2D eigenvalue weighted by Crippen LogP contribution is 2.17. The SMILES string of the molecule is COc1ccc(C(=O)NCCNc2cc(-n3nc(C)cc3C)nc(C)n2)cc1F. The second-order valence-electron chi connectivity index (χ2n) is 6.53. The molecule has 0 unspecified atom stereocenters. The van der Waals surface area contributed by atoms with E-state index in [4.69, 9.17) is 4.74 Å². The molecule has 0 aliphatic carbocycles. The van der Waals surface area contributed by atoms with E-state index in [1.165, 1.54) is 19.2 Å². The summed E-state index contributed by atoms with van der Waals surface area (Å²) in [7, 11) is 1.37. The molecule has 3 aromatic rings. The largest absolute Gasteiger partial charge is 0.494 e. The van der Waals surface area contributed by atoms with E-state index in [1.807, 2.05) is 19.9 Å². The lowest BCUT2D eigenvalue weighted by atomic mass is 10.2. The van der Waals surface area contributed by atoms with Crippen LogP contribution in [0.4, 0.5) is 10.2 Å². The third kappa shape index (κ3) is 4.87. The maximum absolute atomic E-state index is 13.7. The van der Waals surface area contributed by atoms with Gasteiger partial charge in [0.2, 0.25) is 0 Å². The monoisotopic (exact) mass is 398 g/mol. The molecule has 3 rings (SSSR count). The summed E-state index contributed by atoms with van der Waals surface area (Å²) < 4.78 is 20.3. The van der Waals surface area contributed by atoms with Crippen LogP contribution in [0.5, 0.6) is 5.75 Å². The molecule has 0 saturated carbocycles. The average Bonchev–Trinajstić information content (AvgIpc) is 3.02. The molecule has 1 aromatic carbocycles. The molecule has 152 valence electrons. The molecule has 0 aliphatic heterocycles. The normalized spacial score (nSPS) is 10.7. The predicted molar refractivity (Wildman–Crippen MR) is 107 cm³/mol. The molecule has 2 N–H and O–H groups in total. The molecule has 0 aliphatic rings. The average molecular weight is 398 g/mol. The number of methoxy groups -OCH3 is 1. The zero-order chi connectivity index (χ0) is 21.0. The number of hydrogen-bond donors (Lipinski definition) is 2. The molecule has 0 atom stereocenters. The lowest BCUT2D eigenvalue weighted by molar-refractivity contribution is 0.0954. The van der Waals surface area contributed by atoms with Crippen molar-refractivity contribution < 1.29 is 13.9 Å². The van der Waals surface area contributed by atoms with Crippen LogP contribution in [0.2, 0.25) is 0 Å². The minimum atomic E-state index is -0.577. The second-order valence-corrected chi connectivity index (χ2v) is 6.53. The van der Waals surface area contributed by atoms with Crippen LogP contribution in [-0.4, -0.2) is 45.9 Å². The van der Waals surface area contributed by atoms with Gasteiger partial charge in [-0.2, -0.15) is 5.10 Å². The van der Waals surface area contributed by atoms with Gasteiger partial charge in [-0.15, -0.1) is 0 Å². The molecule has 0 saturated heterocycles. The van der Waals surface area contributed by atoms with Gasteiger partial charge < -0.3 is 15.4 Å². The van der Waals surface area contributed by atoms with Crippen LogP contribution in [0.15, 0.2) is 30.3 Å². The summed E-state index contributed by atoms with van der Waals surface area (Å²) in [5, 5.41) is 10.3. The summed E-state index contributed by atoms with van der Waals surface area (Å²) >= 11 is 0. The van der Waals surface area contributed by atoms with Gasteiger partial charge >= 0.3 is 0 Å². The van der Waals surface area contributed by atoms with Gasteiger partial charge in [0.1, 0.15) is 11.6 Å². The van der Waals surface area contributed by atoms with Crippen molar-refractivity contribution in [2.45, 2.75) is 20.8 Å². The van der Waals surface area contributed by atoms with E-state index in [2.05, 4.69) is 25.7 Å². The molecule has 0 bridgehead atoms. The summed E-state index contributed by atoms with van der Waals surface area (Å²) in [6.45, 7) is 6.47. The van der Waals surface area contributed by atoms with Crippen molar-refractivity contribution in [2.75, 3.05) is 25.5 Å². The number of hydrogen-bond acceptors (Lipinski definition) is 6. The molecule has 0 spiro atoms. The van der Waals surface area contributed by atoms with Crippen LogP contribution in [0.1, 0.15) is 27.6 Å². The van der Waals surface area contributed by atoms with E-state index >= 15 is 0 Å². The standard InChI is InChI=1S/C20H23FN6O2/c1-12-9-13(2)27(26-12)19-11-18(24-14(3)25-19)22-7-8-23-20(28)15-5-6-17(29-4)16(21)10-15/h5-6,9-11H,7-8H2,1-4H3,(H,23,28)(H,22,24,25). The summed E-state index contributed by atoms with van der Waals surface area (Å²) in [6, 6.07) is 7.86. The molecule has 1 amide bonds. The molecule has 0 fully saturated rings. The Labute approximate surface area is 168 Å². The highest BCUT2D eigenvalue weighted by molar-refractivity contribution is 5.94. The first kappa shape index (κ1) is 20.2. The third-order valence-corrected chi connectivity index (χ3v) is 4.18. The van der Waals surface area contributed by atoms with Gasteiger partial charge in [-0.1, -0.05) is 0 Å². The molecule has 0 radical (unpaired) electrons. The topological polar surface area (TPSA) is 94.0 Å². The Balaban J connectivity index is 1.59.